The maximum atomic E-state index is 13.0. The van der Waals surface area contributed by atoms with Crippen molar-refractivity contribution in [3.05, 3.63) is 72.2 Å². The Bertz CT molecular complexity index is 796. The summed E-state index contributed by atoms with van der Waals surface area (Å²) in [6.45, 7) is 3.47. The van der Waals surface area contributed by atoms with Crippen LogP contribution in [0.4, 0.5) is 4.39 Å². The Morgan fingerprint density at radius 2 is 1.91 bits per heavy atom. The van der Waals surface area contributed by atoms with Crippen LogP contribution in [-0.4, -0.2) is 26.0 Å². The van der Waals surface area contributed by atoms with Crippen LogP contribution in [0.3, 0.4) is 0 Å². The molecule has 4 nitrogen and oxygen atoms in total. The van der Waals surface area contributed by atoms with Crippen molar-refractivity contribution in [3.63, 3.8) is 0 Å². The van der Waals surface area contributed by atoms with Gasteiger partial charge in [0.25, 0.3) is 0 Å². The van der Waals surface area contributed by atoms with Crippen molar-refractivity contribution in [1.29, 1.82) is 0 Å². The molecule has 4 rings (SSSR count). The van der Waals surface area contributed by atoms with Crippen LogP contribution in [0.1, 0.15) is 11.4 Å². The molecule has 0 spiro atoms. The maximum absolute atomic E-state index is 13.0. The molecule has 0 aliphatic carbocycles. The molecule has 1 aliphatic rings. The van der Waals surface area contributed by atoms with Crippen molar-refractivity contribution in [1.82, 2.24) is 19.4 Å². The van der Waals surface area contributed by atoms with Crippen LogP contribution in [-0.2, 0) is 19.6 Å². The molecule has 1 aliphatic heterocycles. The van der Waals surface area contributed by atoms with Gasteiger partial charge in [-0.25, -0.2) is 9.37 Å². The van der Waals surface area contributed by atoms with Gasteiger partial charge in [-0.3, -0.25) is 9.88 Å². The average molecular weight is 308 g/mol. The van der Waals surface area contributed by atoms with E-state index in [0.717, 1.165) is 48.8 Å². The van der Waals surface area contributed by atoms with E-state index in [-0.39, 0.29) is 5.82 Å². The number of hydrogen-bond acceptors (Lipinski definition) is 3. The van der Waals surface area contributed by atoms with Crippen molar-refractivity contribution < 1.29 is 4.39 Å². The molecule has 0 saturated carbocycles. The summed E-state index contributed by atoms with van der Waals surface area (Å²) >= 11 is 0. The molecule has 3 heterocycles. The van der Waals surface area contributed by atoms with Gasteiger partial charge in [0.1, 0.15) is 11.6 Å². The zero-order chi connectivity index (χ0) is 15.6. The largest absolute Gasteiger partial charge is 0.326 e. The fourth-order valence-electron chi connectivity index (χ4n) is 3.04. The summed E-state index contributed by atoms with van der Waals surface area (Å²) in [7, 11) is 0. The third kappa shape index (κ3) is 2.87. The standard InChI is InChI=1S/C18H17FN4/c19-16-5-3-14(4-6-16)12-22-8-9-23-17(11-21-18(23)13-22)15-2-1-7-20-10-15/h1-7,10-11H,8-9,12-13H2. The van der Waals surface area contributed by atoms with Gasteiger partial charge >= 0.3 is 0 Å². The molecule has 0 atom stereocenters. The molecule has 0 saturated heterocycles. The summed E-state index contributed by atoms with van der Waals surface area (Å²) in [6.07, 6.45) is 5.57. The van der Waals surface area contributed by atoms with Crippen LogP contribution in [0.5, 0.6) is 0 Å². The molecule has 3 aromatic rings. The topological polar surface area (TPSA) is 34.0 Å². The smallest absolute Gasteiger partial charge is 0.123 e. The number of halogens is 1. The van der Waals surface area contributed by atoms with Crippen LogP contribution in [0.25, 0.3) is 11.3 Å². The summed E-state index contributed by atoms with van der Waals surface area (Å²) in [4.78, 5) is 11.1. The van der Waals surface area contributed by atoms with Gasteiger partial charge in [0.2, 0.25) is 0 Å². The van der Waals surface area contributed by atoms with Crippen molar-refractivity contribution in [3.8, 4) is 11.3 Å². The monoisotopic (exact) mass is 308 g/mol. The summed E-state index contributed by atoms with van der Waals surface area (Å²) in [5, 5.41) is 0. The highest BCUT2D eigenvalue weighted by Gasteiger charge is 2.20. The van der Waals surface area contributed by atoms with Crippen molar-refractivity contribution in [2.75, 3.05) is 6.54 Å². The number of rotatable bonds is 3. The van der Waals surface area contributed by atoms with Crippen molar-refractivity contribution >= 4 is 0 Å². The Hall–Kier alpha value is -2.53. The minimum absolute atomic E-state index is 0.191. The van der Waals surface area contributed by atoms with E-state index in [9.17, 15) is 4.39 Å². The molecule has 0 radical (unpaired) electrons. The summed E-state index contributed by atoms with van der Waals surface area (Å²) in [6, 6.07) is 10.7. The first-order valence-electron chi connectivity index (χ1n) is 7.71. The molecular weight excluding hydrogens is 291 g/mol. The predicted molar refractivity (Wildman–Crippen MR) is 86.0 cm³/mol. The Kier molecular flexibility index (Phi) is 3.63. The molecule has 0 amide bonds. The Labute approximate surface area is 134 Å². The Morgan fingerprint density at radius 3 is 2.70 bits per heavy atom. The molecule has 116 valence electrons. The molecular formula is C18H17FN4. The second kappa shape index (κ2) is 5.93. The minimum Gasteiger partial charge on any atom is -0.326 e. The molecule has 0 bridgehead atoms. The van der Waals surface area contributed by atoms with Crippen LogP contribution >= 0.6 is 0 Å². The quantitative estimate of drug-likeness (QED) is 0.745. The van der Waals surface area contributed by atoms with Gasteiger partial charge < -0.3 is 4.57 Å². The maximum Gasteiger partial charge on any atom is 0.123 e. The lowest BCUT2D eigenvalue weighted by Crippen LogP contribution is -2.33. The zero-order valence-electron chi connectivity index (χ0n) is 12.7. The highest BCUT2D eigenvalue weighted by Crippen LogP contribution is 2.23. The van der Waals surface area contributed by atoms with Gasteiger partial charge in [0, 0.05) is 37.6 Å². The lowest BCUT2D eigenvalue weighted by atomic mass is 10.2. The number of nitrogens with zero attached hydrogens (tertiary/aromatic N) is 4. The summed E-state index contributed by atoms with van der Waals surface area (Å²) in [5.41, 5.74) is 3.34. The molecule has 1 aromatic carbocycles. The van der Waals surface area contributed by atoms with Gasteiger partial charge in [-0.05, 0) is 29.8 Å². The summed E-state index contributed by atoms with van der Waals surface area (Å²) < 4.78 is 15.3. The van der Waals surface area contributed by atoms with Crippen LogP contribution < -0.4 is 0 Å². The van der Waals surface area contributed by atoms with Crippen LogP contribution in [0, 0.1) is 5.82 Å². The second-order valence-corrected chi connectivity index (χ2v) is 5.79. The number of hydrogen-bond donors (Lipinski definition) is 0. The molecule has 0 fully saturated rings. The number of pyridine rings is 1. The SMILES string of the molecule is Fc1ccc(CN2CCn3c(-c4cccnc4)cnc3C2)cc1. The number of benzene rings is 1. The highest BCUT2D eigenvalue weighted by molar-refractivity contribution is 5.58. The van der Waals surface area contributed by atoms with Crippen molar-refractivity contribution in [2.24, 2.45) is 0 Å². The summed E-state index contributed by atoms with van der Waals surface area (Å²) in [5.74, 6) is 0.876. The third-order valence-corrected chi connectivity index (χ3v) is 4.22. The molecule has 5 heteroatoms. The second-order valence-electron chi connectivity index (χ2n) is 5.79. The average Bonchev–Trinajstić information content (AvgIpc) is 3.01. The van der Waals surface area contributed by atoms with Crippen LogP contribution in [0.15, 0.2) is 55.0 Å². The van der Waals surface area contributed by atoms with Gasteiger partial charge in [0.15, 0.2) is 0 Å². The van der Waals surface area contributed by atoms with E-state index in [4.69, 9.17) is 0 Å². The highest BCUT2D eigenvalue weighted by atomic mass is 19.1. The molecule has 23 heavy (non-hydrogen) atoms. The fraction of sp³-hybridized carbons (Fsp3) is 0.222. The van der Waals surface area contributed by atoms with Crippen LogP contribution in [0.2, 0.25) is 0 Å². The minimum atomic E-state index is -0.191. The lowest BCUT2D eigenvalue weighted by Gasteiger charge is -2.28. The zero-order valence-corrected chi connectivity index (χ0v) is 12.7. The van der Waals surface area contributed by atoms with Gasteiger partial charge in [0.05, 0.1) is 18.4 Å². The Balaban J connectivity index is 1.52. The van der Waals surface area contributed by atoms with Gasteiger partial charge in [-0.2, -0.15) is 0 Å². The van der Waals surface area contributed by atoms with Gasteiger partial charge in [-0.15, -0.1) is 0 Å². The third-order valence-electron chi connectivity index (χ3n) is 4.22. The first kappa shape index (κ1) is 14.1. The van der Waals surface area contributed by atoms with E-state index in [1.54, 1.807) is 6.20 Å². The predicted octanol–water partition coefficient (Wildman–Crippen LogP) is 3.10. The first-order valence-corrected chi connectivity index (χ1v) is 7.71. The van der Waals surface area contributed by atoms with Crippen molar-refractivity contribution in [2.45, 2.75) is 19.6 Å². The number of fused-ring (bicyclic) bond motifs is 1. The molecule has 2 aromatic heterocycles. The normalized spacial score (nSPS) is 14.7. The Morgan fingerprint density at radius 1 is 1.04 bits per heavy atom. The van der Waals surface area contributed by atoms with E-state index in [2.05, 4.69) is 25.5 Å². The van der Waals surface area contributed by atoms with E-state index in [0.29, 0.717) is 0 Å². The molecule has 0 unspecified atom stereocenters. The van der Waals surface area contributed by atoms with E-state index in [1.165, 1.54) is 12.1 Å². The first-order chi connectivity index (χ1) is 11.3. The number of aromatic nitrogens is 3. The van der Waals surface area contributed by atoms with E-state index in [1.807, 2.05) is 30.6 Å². The van der Waals surface area contributed by atoms with E-state index >= 15 is 0 Å². The van der Waals surface area contributed by atoms with Gasteiger partial charge in [-0.1, -0.05) is 12.1 Å². The van der Waals surface area contributed by atoms with E-state index < -0.39 is 0 Å². The molecule has 0 N–H and O–H groups in total. The number of imidazole rings is 1. The fourth-order valence-corrected chi connectivity index (χ4v) is 3.04. The lowest BCUT2D eigenvalue weighted by molar-refractivity contribution is 0.209.